The van der Waals surface area contributed by atoms with Crippen molar-refractivity contribution in [3.8, 4) is 5.75 Å². The van der Waals surface area contributed by atoms with Gasteiger partial charge in [0.1, 0.15) is 5.75 Å². The molecule has 0 bridgehead atoms. The summed E-state index contributed by atoms with van der Waals surface area (Å²) in [5.74, 6) is 0.480. The van der Waals surface area contributed by atoms with Gasteiger partial charge in [0.15, 0.2) is 0 Å². The Kier molecular flexibility index (Phi) is 5.24. The minimum Gasteiger partial charge on any atom is -0.409 e. The zero-order valence-corrected chi connectivity index (χ0v) is 13.4. The van der Waals surface area contributed by atoms with Crippen molar-refractivity contribution < 1.29 is 13.6 Å². The van der Waals surface area contributed by atoms with E-state index >= 15 is 0 Å². The van der Waals surface area contributed by atoms with Crippen molar-refractivity contribution in [1.82, 2.24) is 0 Å². The van der Waals surface area contributed by atoms with Crippen LogP contribution in [0.15, 0.2) is 59.1 Å². The van der Waals surface area contributed by atoms with E-state index in [1.165, 1.54) is 0 Å². The SMILES string of the molecule is CCOP(=O)(Nc1ccccc1)Oc1ccc(Br)cc1. The summed E-state index contributed by atoms with van der Waals surface area (Å²) >= 11 is 3.34. The molecule has 0 aliphatic rings. The fourth-order valence-electron chi connectivity index (χ4n) is 1.56. The molecule has 6 heteroatoms. The van der Waals surface area contributed by atoms with Crippen LogP contribution in [0, 0.1) is 0 Å². The van der Waals surface area contributed by atoms with Gasteiger partial charge in [0.05, 0.1) is 6.61 Å². The van der Waals surface area contributed by atoms with Gasteiger partial charge in [0, 0.05) is 10.2 Å². The lowest BCUT2D eigenvalue weighted by atomic mass is 10.3. The number of benzene rings is 2. The van der Waals surface area contributed by atoms with E-state index in [9.17, 15) is 4.57 Å². The maximum Gasteiger partial charge on any atom is 0.486 e. The molecule has 0 amide bonds. The molecule has 106 valence electrons. The average molecular weight is 356 g/mol. The van der Waals surface area contributed by atoms with E-state index in [4.69, 9.17) is 9.05 Å². The van der Waals surface area contributed by atoms with Crippen LogP contribution in [0.4, 0.5) is 5.69 Å². The molecule has 4 nitrogen and oxygen atoms in total. The first kappa shape index (κ1) is 15.1. The highest BCUT2D eigenvalue weighted by molar-refractivity contribution is 9.10. The molecule has 0 fully saturated rings. The second kappa shape index (κ2) is 6.93. The second-order valence-corrected chi connectivity index (χ2v) is 6.51. The third kappa shape index (κ3) is 4.37. The van der Waals surface area contributed by atoms with Crippen LogP contribution >= 0.6 is 23.7 Å². The summed E-state index contributed by atoms with van der Waals surface area (Å²) in [5.41, 5.74) is 0.682. The zero-order valence-electron chi connectivity index (χ0n) is 11.0. The van der Waals surface area contributed by atoms with Crippen LogP contribution in [-0.4, -0.2) is 6.61 Å². The molecule has 0 aromatic heterocycles. The molecule has 1 unspecified atom stereocenters. The maximum atomic E-state index is 12.7. The monoisotopic (exact) mass is 355 g/mol. The van der Waals surface area contributed by atoms with E-state index in [-0.39, 0.29) is 6.61 Å². The first-order valence-electron chi connectivity index (χ1n) is 6.14. The van der Waals surface area contributed by atoms with Crippen LogP contribution in [0.25, 0.3) is 0 Å². The molecule has 1 N–H and O–H groups in total. The number of halogens is 1. The van der Waals surface area contributed by atoms with Crippen LogP contribution < -0.4 is 9.61 Å². The summed E-state index contributed by atoms with van der Waals surface area (Å²) < 4.78 is 24.4. The number of rotatable bonds is 6. The van der Waals surface area contributed by atoms with Gasteiger partial charge in [-0.3, -0.25) is 9.61 Å². The topological polar surface area (TPSA) is 47.6 Å². The smallest absolute Gasteiger partial charge is 0.409 e. The van der Waals surface area contributed by atoms with Gasteiger partial charge >= 0.3 is 7.75 Å². The molecule has 0 spiro atoms. The van der Waals surface area contributed by atoms with Crippen LogP contribution in [0.5, 0.6) is 5.75 Å². The quantitative estimate of drug-likeness (QED) is 0.733. The Bertz CT molecular complexity index is 589. The third-order valence-corrected chi connectivity index (χ3v) is 4.49. The Morgan fingerprint density at radius 2 is 1.75 bits per heavy atom. The van der Waals surface area contributed by atoms with E-state index in [2.05, 4.69) is 21.0 Å². The van der Waals surface area contributed by atoms with Crippen molar-refractivity contribution in [2.75, 3.05) is 11.7 Å². The molecular formula is C14H15BrNO3P. The van der Waals surface area contributed by atoms with Gasteiger partial charge in [0.2, 0.25) is 0 Å². The van der Waals surface area contributed by atoms with Gasteiger partial charge in [-0.1, -0.05) is 34.1 Å². The van der Waals surface area contributed by atoms with E-state index in [1.54, 1.807) is 31.2 Å². The number of hydrogen-bond acceptors (Lipinski definition) is 3. The van der Waals surface area contributed by atoms with E-state index in [1.807, 2.05) is 30.3 Å². The van der Waals surface area contributed by atoms with E-state index in [0.29, 0.717) is 11.4 Å². The van der Waals surface area contributed by atoms with Crippen molar-refractivity contribution in [2.24, 2.45) is 0 Å². The molecule has 1 atom stereocenters. The number of hydrogen-bond donors (Lipinski definition) is 1. The van der Waals surface area contributed by atoms with Gasteiger partial charge < -0.3 is 4.52 Å². The second-order valence-electron chi connectivity index (χ2n) is 3.94. The summed E-state index contributed by atoms with van der Waals surface area (Å²) in [6.07, 6.45) is 0. The first-order chi connectivity index (χ1) is 9.61. The lowest BCUT2D eigenvalue weighted by Crippen LogP contribution is -2.07. The van der Waals surface area contributed by atoms with Crippen molar-refractivity contribution >= 4 is 29.4 Å². The van der Waals surface area contributed by atoms with Crippen molar-refractivity contribution in [2.45, 2.75) is 6.92 Å². The molecule has 0 radical (unpaired) electrons. The lowest BCUT2D eigenvalue weighted by Gasteiger charge is -2.19. The molecular weight excluding hydrogens is 341 g/mol. The van der Waals surface area contributed by atoms with Crippen LogP contribution in [0.2, 0.25) is 0 Å². The number of nitrogens with one attached hydrogen (secondary N) is 1. The van der Waals surface area contributed by atoms with Gasteiger partial charge in [-0.15, -0.1) is 0 Å². The Morgan fingerprint density at radius 3 is 2.35 bits per heavy atom. The molecule has 0 saturated carbocycles. The third-order valence-electron chi connectivity index (χ3n) is 2.38. The highest BCUT2D eigenvalue weighted by atomic mass is 79.9. The Labute approximate surface area is 126 Å². The molecule has 2 aromatic carbocycles. The Balaban J connectivity index is 2.16. The molecule has 0 saturated heterocycles. The lowest BCUT2D eigenvalue weighted by molar-refractivity contribution is 0.284. The molecule has 2 aromatic rings. The van der Waals surface area contributed by atoms with Crippen molar-refractivity contribution in [3.63, 3.8) is 0 Å². The van der Waals surface area contributed by atoms with Crippen LogP contribution in [0.1, 0.15) is 6.92 Å². The van der Waals surface area contributed by atoms with Crippen molar-refractivity contribution in [1.29, 1.82) is 0 Å². The summed E-state index contributed by atoms with van der Waals surface area (Å²) in [5, 5.41) is 2.82. The minimum absolute atomic E-state index is 0.285. The molecule has 20 heavy (non-hydrogen) atoms. The zero-order chi connectivity index (χ0) is 14.4. The Hall–Kier alpha value is -1.29. The predicted molar refractivity (Wildman–Crippen MR) is 84.1 cm³/mol. The fourth-order valence-corrected chi connectivity index (χ4v) is 3.19. The van der Waals surface area contributed by atoms with Crippen LogP contribution in [-0.2, 0) is 9.09 Å². The highest BCUT2D eigenvalue weighted by Gasteiger charge is 2.26. The average Bonchev–Trinajstić information content (AvgIpc) is 2.42. The molecule has 0 aliphatic carbocycles. The van der Waals surface area contributed by atoms with Gasteiger partial charge in [0.25, 0.3) is 0 Å². The van der Waals surface area contributed by atoms with Gasteiger partial charge in [-0.2, -0.15) is 0 Å². The summed E-state index contributed by atoms with van der Waals surface area (Å²) in [4.78, 5) is 0. The summed E-state index contributed by atoms with van der Waals surface area (Å²) in [6, 6.07) is 16.3. The summed E-state index contributed by atoms with van der Waals surface area (Å²) in [7, 11) is -3.44. The van der Waals surface area contributed by atoms with E-state index in [0.717, 1.165) is 4.47 Å². The van der Waals surface area contributed by atoms with Crippen molar-refractivity contribution in [3.05, 3.63) is 59.1 Å². The predicted octanol–water partition coefficient (Wildman–Crippen LogP) is 5.08. The highest BCUT2D eigenvalue weighted by Crippen LogP contribution is 2.48. The van der Waals surface area contributed by atoms with Crippen LogP contribution in [0.3, 0.4) is 0 Å². The maximum absolute atomic E-state index is 12.7. The molecule has 2 rings (SSSR count). The molecule has 0 aliphatic heterocycles. The van der Waals surface area contributed by atoms with Gasteiger partial charge in [-0.05, 0) is 43.3 Å². The minimum atomic E-state index is -3.44. The van der Waals surface area contributed by atoms with E-state index < -0.39 is 7.75 Å². The Morgan fingerprint density at radius 1 is 1.10 bits per heavy atom. The standard InChI is InChI=1S/C14H15BrNO3P/c1-2-18-20(17,16-13-6-4-3-5-7-13)19-14-10-8-12(15)9-11-14/h3-11H,2H2,1H3,(H,16,17). The summed E-state index contributed by atoms with van der Waals surface area (Å²) in [6.45, 7) is 2.05. The number of anilines is 1. The molecule has 0 heterocycles. The van der Waals surface area contributed by atoms with Gasteiger partial charge in [-0.25, -0.2) is 4.57 Å². The first-order valence-corrected chi connectivity index (χ1v) is 8.48. The number of para-hydroxylation sites is 1. The fraction of sp³-hybridized carbons (Fsp3) is 0.143. The largest absolute Gasteiger partial charge is 0.486 e. The normalized spacial score (nSPS) is 13.5.